The Balaban J connectivity index is 2.69. The number of methoxy groups -OCH3 is 1. The van der Waals surface area contributed by atoms with E-state index in [-0.39, 0.29) is 23.7 Å². The minimum Gasteiger partial charge on any atom is -0.490 e. The molecule has 0 fully saturated rings. The van der Waals surface area contributed by atoms with Gasteiger partial charge in [0.2, 0.25) is 11.8 Å². The summed E-state index contributed by atoms with van der Waals surface area (Å²) in [4.78, 5) is 48.4. The fourth-order valence-electron chi connectivity index (χ4n) is 3.92. The summed E-state index contributed by atoms with van der Waals surface area (Å²) in [5.41, 5.74) is 5.50. The van der Waals surface area contributed by atoms with E-state index < -0.39 is 35.5 Å². The Labute approximate surface area is 243 Å². The van der Waals surface area contributed by atoms with Crippen molar-refractivity contribution < 1.29 is 33.4 Å². The summed E-state index contributed by atoms with van der Waals surface area (Å²) in [7, 11) is 1.44. The zero-order chi connectivity index (χ0) is 31.0. The van der Waals surface area contributed by atoms with Crippen LogP contribution in [-0.2, 0) is 28.6 Å². The molecule has 0 radical (unpaired) electrons. The largest absolute Gasteiger partial charge is 0.490 e. The van der Waals surface area contributed by atoms with Gasteiger partial charge in [-0.3, -0.25) is 9.59 Å². The Morgan fingerprint density at radius 1 is 1.17 bits per heavy atom. The van der Waals surface area contributed by atoms with E-state index in [0.29, 0.717) is 19.3 Å². The predicted molar refractivity (Wildman–Crippen MR) is 158 cm³/mol. The van der Waals surface area contributed by atoms with Crippen molar-refractivity contribution in [2.45, 2.75) is 79.1 Å². The van der Waals surface area contributed by atoms with Crippen LogP contribution in [0.1, 0.15) is 60.8 Å². The normalized spacial score (nSPS) is 18.7. The number of hydrogen-bond acceptors (Lipinski definition) is 7. The smallest absolute Gasteiger partial charge is 0.404 e. The lowest BCUT2D eigenvalue weighted by Gasteiger charge is -2.29. The van der Waals surface area contributed by atoms with Crippen LogP contribution in [-0.4, -0.2) is 49.2 Å². The van der Waals surface area contributed by atoms with Crippen molar-refractivity contribution in [2.75, 3.05) is 7.11 Å². The van der Waals surface area contributed by atoms with E-state index in [2.05, 4.69) is 10.6 Å². The van der Waals surface area contributed by atoms with Crippen molar-refractivity contribution >= 4 is 23.9 Å². The monoisotopic (exact) mass is 571 g/mol. The number of primary amides is 1. The lowest BCUT2D eigenvalue weighted by Crippen LogP contribution is -2.52. The maximum absolute atomic E-state index is 12.8. The molecule has 4 N–H and O–H groups in total. The number of allylic oxidation sites excluding steroid dienone is 5. The maximum atomic E-state index is 12.8. The van der Waals surface area contributed by atoms with Crippen LogP contribution >= 0.6 is 0 Å². The summed E-state index contributed by atoms with van der Waals surface area (Å²) in [6.45, 7) is 11.3. The number of cyclic esters (lactones) is 1. The first kappa shape index (κ1) is 34.9. The van der Waals surface area contributed by atoms with Gasteiger partial charge in [-0.05, 0) is 31.5 Å². The maximum Gasteiger partial charge on any atom is 0.404 e. The van der Waals surface area contributed by atoms with Gasteiger partial charge in [-0.1, -0.05) is 75.8 Å². The van der Waals surface area contributed by atoms with Gasteiger partial charge >= 0.3 is 12.1 Å². The van der Waals surface area contributed by atoms with Gasteiger partial charge in [0.25, 0.3) is 0 Å². The highest BCUT2D eigenvalue weighted by Crippen LogP contribution is 2.23. The quantitative estimate of drug-likeness (QED) is 0.120. The minimum absolute atomic E-state index is 0.0135. The van der Waals surface area contributed by atoms with Crippen LogP contribution in [0.25, 0.3) is 0 Å². The minimum atomic E-state index is -0.859. The summed E-state index contributed by atoms with van der Waals surface area (Å²) in [6, 6.07) is -0.803. The molecular formula is C31H45N3O7. The molecule has 10 nitrogen and oxygen atoms in total. The molecule has 0 aromatic carbocycles. The molecule has 0 bridgehead atoms. The SMILES string of the molecule is CC=CC[C@@H](CC=CNC(=O)[C@@H](NC(=O)C=CC=CC(C)=C[C@H](C)[C@@H]1CC=C(OC)C(=O)O1)C(C)(C)C)OC(N)=O. The van der Waals surface area contributed by atoms with Crippen LogP contribution < -0.4 is 16.4 Å². The molecule has 1 aliphatic rings. The van der Waals surface area contributed by atoms with Crippen LogP contribution in [0.5, 0.6) is 0 Å². The average Bonchev–Trinajstić information content (AvgIpc) is 2.89. The fraction of sp³-hybridized carbons (Fsp3) is 0.484. The summed E-state index contributed by atoms with van der Waals surface area (Å²) in [6.07, 6.45) is 16.9. The molecule has 4 atom stereocenters. The highest BCUT2D eigenvalue weighted by Gasteiger charge is 2.32. The van der Waals surface area contributed by atoms with Crippen LogP contribution in [0.15, 0.2) is 72.2 Å². The number of hydrogen-bond donors (Lipinski definition) is 3. The first-order chi connectivity index (χ1) is 19.3. The molecule has 1 rings (SSSR count). The second kappa shape index (κ2) is 17.6. The average molecular weight is 572 g/mol. The van der Waals surface area contributed by atoms with E-state index >= 15 is 0 Å². The molecular weight excluding hydrogens is 526 g/mol. The predicted octanol–water partition coefficient (Wildman–Crippen LogP) is 4.51. The van der Waals surface area contributed by atoms with Crippen molar-refractivity contribution in [2.24, 2.45) is 17.1 Å². The number of amides is 3. The molecule has 0 unspecified atom stereocenters. The van der Waals surface area contributed by atoms with Crippen molar-refractivity contribution in [1.82, 2.24) is 10.6 Å². The Morgan fingerprint density at radius 2 is 1.83 bits per heavy atom. The number of esters is 1. The van der Waals surface area contributed by atoms with Crippen molar-refractivity contribution in [3.63, 3.8) is 0 Å². The second-order valence-electron chi connectivity index (χ2n) is 10.8. The first-order valence-electron chi connectivity index (χ1n) is 13.6. The molecule has 0 spiro atoms. The molecule has 10 heteroatoms. The lowest BCUT2D eigenvalue weighted by molar-refractivity contribution is -0.151. The molecule has 0 aromatic rings. The molecule has 0 saturated carbocycles. The summed E-state index contributed by atoms with van der Waals surface area (Å²) in [5.74, 6) is -1.05. The third kappa shape index (κ3) is 13.7. The van der Waals surface area contributed by atoms with Crippen molar-refractivity contribution in [3.8, 4) is 0 Å². The standard InChI is InChI=1S/C31H45N3O7/c1-8-9-14-23(40-30(32)38)15-12-19-33-28(36)27(31(4,5)6)34-26(35)16-11-10-13-21(2)20-22(3)24-17-18-25(39-7)29(37)41-24/h8-13,16,18-20,22-24,27H,14-15,17H2,1-7H3,(H2,32,38)(H,33,36)(H,34,35)/t22-,23-,24-,27+/m0/s1. The number of nitrogens with one attached hydrogen (secondary N) is 2. The zero-order valence-corrected chi connectivity index (χ0v) is 25.1. The Bertz CT molecular complexity index is 1090. The Morgan fingerprint density at radius 3 is 2.41 bits per heavy atom. The van der Waals surface area contributed by atoms with Gasteiger partial charge in [0.1, 0.15) is 18.2 Å². The van der Waals surface area contributed by atoms with Gasteiger partial charge in [0.05, 0.1) is 7.11 Å². The van der Waals surface area contributed by atoms with Crippen molar-refractivity contribution in [3.05, 3.63) is 72.2 Å². The number of carbonyl (C=O) groups is 4. The molecule has 226 valence electrons. The van der Waals surface area contributed by atoms with Gasteiger partial charge in [-0.2, -0.15) is 0 Å². The van der Waals surface area contributed by atoms with E-state index in [9.17, 15) is 19.2 Å². The third-order valence-electron chi connectivity index (χ3n) is 6.12. The number of nitrogens with two attached hydrogens (primary N) is 1. The zero-order valence-electron chi connectivity index (χ0n) is 25.1. The van der Waals surface area contributed by atoms with Gasteiger partial charge in [-0.25, -0.2) is 9.59 Å². The molecule has 3 amide bonds. The molecule has 1 aliphatic heterocycles. The van der Waals surface area contributed by atoms with E-state index in [1.165, 1.54) is 19.4 Å². The summed E-state index contributed by atoms with van der Waals surface area (Å²) in [5, 5.41) is 5.44. The Kier molecular flexibility index (Phi) is 15.0. The fourth-order valence-corrected chi connectivity index (χ4v) is 3.92. The van der Waals surface area contributed by atoms with Gasteiger partial charge in [0.15, 0.2) is 5.76 Å². The Hall–Kier alpha value is -4.08. The molecule has 41 heavy (non-hydrogen) atoms. The number of ether oxygens (including phenoxy) is 3. The molecule has 0 aliphatic carbocycles. The van der Waals surface area contributed by atoms with Gasteiger partial charge in [-0.15, -0.1) is 0 Å². The molecule has 0 aromatic heterocycles. The van der Waals surface area contributed by atoms with E-state index in [1.54, 1.807) is 24.3 Å². The van der Waals surface area contributed by atoms with Gasteiger partial charge < -0.3 is 30.6 Å². The second-order valence-corrected chi connectivity index (χ2v) is 10.8. The lowest BCUT2D eigenvalue weighted by atomic mass is 9.86. The van der Waals surface area contributed by atoms with Crippen molar-refractivity contribution in [1.29, 1.82) is 0 Å². The van der Waals surface area contributed by atoms with Gasteiger partial charge in [0, 0.05) is 31.3 Å². The molecule has 1 heterocycles. The topological polar surface area (TPSA) is 146 Å². The highest BCUT2D eigenvalue weighted by atomic mass is 16.6. The number of rotatable bonds is 14. The van der Waals surface area contributed by atoms with Crippen LogP contribution in [0.3, 0.4) is 0 Å². The van der Waals surface area contributed by atoms with E-state index in [1.807, 2.05) is 65.8 Å². The van der Waals surface area contributed by atoms with Crippen LogP contribution in [0.2, 0.25) is 0 Å². The highest BCUT2D eigenvalue weighted by molar-refractivity contribution is 5.93. The van der Waals surface area contributed by atoms with E-state index in [0.717, 1.165) is 5.57 Å². The van der Waals surface area contributed by atoms with E-state index in [4.69, 9.17) is 19.9 Å². The van der Waals surface area contributed by atoms with Crippen LogP contribution in [0, 0.1) is 11.3 Å². The third-order valence-corrected chi connectivity index (χ3v) is 6.12. The summed E-state index contributed by atoms with van der Waals surface area (Å²) >= 11 is 0. The first-order valence-corrected chi connectivity index (χ1v) is 13.6. The summed E-state index contributed by atoms with van der Waals surface area (Å²) < 4.78 is 15.5. The van der Waals surface area contributed by atoms with Crippen LogP contribution in [0.4, 0.5) is 4.79 Å². The number of carbonyl (C=O) groups excluding carboxylic acids is 4. The molecule has 0 saturated heterocycles.